The fourth-order valence-corrected chi connectivity index (χ4v) is 4.87. The first-order chi connectivity index (χ1) is 13.1. The van der Waals surface area contributed by atoms with Gasteiger partial charge in [0.2, 0.25) is 0 Å². The zero-order chi connectivity index (χ0) is 18.8. The van der Waals surface area contributed by atoms with Crippen LogP contribution in [0.3, 0.4) is 0 Å². The number of aromatic carboxylic acids is 1. The quantitative estimate of drug-likeness (QED) is 0.745. The number of hydrogen-bond acceptors (Lipinski definition) is 2. The average Bonchev–Trinajstić information content (AvgIpc) is 2.95. The van der Waals surface area contributed by atoms with E-state index in [1.807, 2.05) is 12.1 Å². The van der Waals surface area contributed by atoms with Crippen molar-refractivity contribution < 1.29 is 14.3 Å². The zero-order valence-corrected chi connectivity index (χ0v) is 15.7. The first-order valence-electron chi connectivity index (χ1n) is 10.2. The minimum absolute atomic E-state index is 0.222. The molecule has 144 valence electrons. The minimum Gasteiger partial charge on any atom is -0.476 e. The van der Waals surface area contributed by atoms with Crippen LogP contribution in [-0.4, -0.2) is 20.9 Å². The molecule has 0 bridgehead atoms. The van der Waals surface area contributed by atoms with Crippen molar-refractivity contribution in [2.75, 3.05) is 0 Å². The lowest BCUT2D eigenvalue weighted by Crippen LogP contribution is -2.19. The van der Waals surface area contributed by atoms with Gasteiger partial charge in [-0.2, -0.15) is 5.10 Å². The van der Waals surface area contributed by atoms with Crippen molar-refractivity contribution in [3.8, 4) is 0 Å². The topological polar surface area (TPSA) is 55.1 Å². The molecule has 1 heterocycles. The molecule has 4 nitrogen and oxygen atoms in total. The van der Waals surface area contributed by atoms with Crippen LogP contribution in [0.5, 0.6) is 0 Å². The van der Waals surface area contributed by atoms with Crippen molar-refractivity contribution in [2.24, 2.45) is 0 Å². The second kappa shape index (κ2) is 7.83. The van der Waals surface area contributed by atoms with Crippen LogP contribution in [0, 0.1) is 5.82 Å². The average molecular weight is 370 g/mol. The molecule has 0 saturated heterocycles. The minimum atomic E-state index is -0.914. The molecule has 0 amide bonds. The van der Waals surface area contributed by atoms with Gasteiger partial charge in [-0.25, -0.2) is 9.18 Å². The van der Waals surface area contributed by atoms with Gasteiger partial charge < -0.3 is 5.11 Å². The number of carboxylic acid groups (broad SMARTS) is 1. The summed E-state index contributed by atoms with van der Waals surface area (Å²) < 4.78 is 15.4. The van der Waals surface area contributed by atoms with Gasteiger partial charge in [-0.3, -0.25) is 4.68 Å². The number of benzene rings is 1. The Hall–Kier alpha value is -2.17. The number of carbonyl (C=O) groups is 1. The van der Waals surface area contributed by atoms with Crippen molar-refractivity contribution in [3.63, 3.8) is 0 Å². The molecule has 0 spiro atoms. The predicted octanol–water partition coefficient (Wildman–Crippen LogP) is 5.28. The molecule has 1 saturated carbocycles. The maximum atomic E-state index is 13.3. The van der Waals surface area contributed by atoms with Crippen molar-refractivity contribution >= 4 is 5.97 Å². The summed E-state index contributed by atoms with van der Waals surface area (Å²) in [6.07, 6.45) is 10.5. The Labute approximate surface area is 159 Å². The molecular formula is C22H27FN2O2. The Bertz CT molecular complexity index is 806. The molecule has 1 aromatic heterocycles. The molecule has 27 heavy (non-hydrogen) atoms. The fourth-order valence-electron chi connectivity index (χ4n) is 4.87. The Balaban J connectivity index is 1.75. The lowest BCUT2D eigenvalue weighted by Gasteiger charge is -2.27. The Morgan fingerprint density at radius 2 is 1.78 bits per heavy atom. The first kappa shape index (κ1) is 18.2. The third-order valence-corrected chi connectivity index (χ3v) is 6.18. The molecule has 2 aliphatic rings. The van der Waals surface area contributed by atoms with E-state index in [1.165, 1.54) is 31.4 Å². The van der Waals surface area contributed by atoms with E-state index in [1.54, 1.807) is 0 Å². The standard InChI is InChI=1S/C22H27FN2O2/c23-17-12-10-15(11-13-17)14-16-6-4-5-9-19-20(22(26)27)24-25(21(16)19)18-7-2-1-3-8-18/h10-13,16,18H,1-9,14H2,(H,26,27)/t16-/m0/s1. The summed E-state index contributed by atoms with van der Waals surface area (Å²) in [4.78, 5) is 11.9. The van der Waals surface area contributed by atoms with Crippen LogP contribution in [0.15, 0.2) is 24.3 Å². The molecular weight excluding hydrogens is 343 g/mol. The maximum Gasteiger partial charge on any atom is 0.356 e. The summed E-state index contributed by atoms with van der Waals surface area (Å²) in [5.74, 6) is -0.889. The van der Waals surface area contributed by atoms with E-state index in [2.05, 4.69) is 9.78 Å². The summed E-state index contributed by atoms with van der Waals surface area (Å²) in [6, 6.07) is 7.02. The molecule has 0 radical (unpaired) electrons. The normalized spacial score (nSPS) is 20.9. The number of rotatable bonds is 4. The highest BCUT2D eigenvalue weighted by Crippen LogP contribution is 2.39. The van der Waals surface area contributed by atoms with Crippen LogP contribution in [0.4, 0.5) is 4.39 Å². The molecule has 0 aliphatic heterocycles. The summed E-state index contributed by atoms with van der Waals surface area (Å²) in [7, 11) is 0. The summed E-state index contributed by atoms with van der Waals surface area (Å²) in [5.41, 5.74) is 3.43. The van der Waals surface area contributed by atoms with Crippen LogP contribution >= 0.6 is 0 Å². The van der Waals surface area contributed by atoms with E-state index in [0.29, 0.717) is 6.04 Å². The lowest BCUT2D eigenvalue weighted by molar-refractivity contribution is 0.0687. The van der Waals surface area contributed by atoms with Gasteiger partial charge >= 0.3 is 5.97 Å². The summed E-state index contributed by atoms with van der Waals surface area (Å²) in [6.45, 7) is 0. The predicted molar refractivity (Wildman–Crippen MR) is 102 cm³/mol. The smallest absolute Gasteiger partial charge is 0.356 e. The summed E-state index contributed by atoms with van der Waals surface area (Å²) in [5, 5.41) is 14.4. The number of nitrogens with zero attached hydrogens (tertiary/aromatic N) is 2. The fraction of sp³-hybridized carbons (Fsp3) is 0.545. The molecule has 1 N–H and O–H groups in total. The Morgan fingerprint density at radius 3 is 2.48 bits per heavy atom. The van der Waals surface area contributed by atoms with Crippen LogP contribution in [0.1, 0.15) is 90.6 Å². The highest BCUT2D eigenvalue weighted by molar-refractivity contribution is 5.87. The monoisotopic (exact) mass is 370 g/mol. The van der Waals surface area contributed by atoms with Crippen molar-refractivity contribution in [1.82, 2.24) is 9.78 Å². The number of aromatic nitrogens is 2. The third-order valence-electron chi connectivity index (χ3n) is 6.18. The third kappa shape index (κ3) is 3.78. The highest BCUT2D eigenvalue weighted by atomic mass is 19.1. The number of carboxylic acids is 1. The van der Waals surface area contributed by atoms with Gasteiger partial charge in [-0.05, 0) is 56.2 Å². The van der Waals surface area contributed by atoms with Crippen LogP contribution in [-0.2, 0) is 12.8 Å². The second-order valence-electron chi connectivity index (χ2n) is 8.03. The van der Waals surface area contributed by atoms with Crippen LogP contribution in [0.2, 0.25) is 0 Å². The first-order valence-corrected chi connectivity index (χ1v) is 10.2. The highest BCUT2D eigenvalue weighted by Gasteiger charge is 2.32. The van der Waals surface area contributed by atoms with Crippen molar-refractivity contribution in [2.45, 2.75) is 76.2 Å². The second-order valence-corrected chi connectivity index (χ2v) is 8.03. The van der Waals surface area contributed by atoms with Crippen molar-refractivity contribution in [1.29, 1.82) is 0 Å². The Kier molecular flexibility index (Phi) is 5.28. The van der Waals surface area contributed by atoms with Gasteiger partial charge in [-0.1, -0.05) is 37.8 Å². The molecule has 1 aromatic carbocycles. The number of hydrogen-bond donors (Lipinski definition) is 1. The van der Waals surface area contributed by atoms with E-state index in [-0.39, 0.29) is 17.4 Å². The summed E-state index contributed by atoms with van der Waals surface area (Å²) >= 11 is 0. The van der Waals surface area contributed by atoms with E-state index in [0.717, 1.165) is 61.8 Å². The largest absolute Gasteiger partial charge is 0.476 e. The molecule has 2 aromatic rings. The SMILES string of the molecule is O=C(O)c1nn(C2CCCCC2)c2c1CCCC[C@H]2Cc1ccc(F)cc1. The van der Waals surface area contributed by atoms with Crippen molar-refractivity contribution in [3.05, 3.63) is 52.6 Å². The van der Waals surface area contributed by atoms with Gasteiger partial charge in [0, 0.05) is 17.2 Å². The van der Waals surface area contributed by atoms with E-state index < -0.39 is 5.97 Å². The van der Waals surface area contributed by atoms with Gasteiger partial charge in [-0.15, -0.1) is 0 Å². The molecule has 2 aliphatic carbocycles. The molecule has 5 heteroatoms. The van der Waals surface area contributed by atoms with E-state index >= 15 is 0 Å². The van der Waals surface area contributed by atoms with Crippen LogP contribution in [0.25, 0.3) is 0 Å². The lowest BCUT2D eigenvalue weighted by atomic mass is 9.89. The van der Waals surface area contributed by atoms with Gasteiger partial charge in [0.25, 0.3) is 0 Å². The van der Waals surface area contributed by atoms with E-state index in [9.17, 15) is 14.3 Å². The van der Waals surface area contributed by atoms with Gasteiger partial charge in [0.05, 0.1) is 6.04 Å². The molecule has 1 atom stereocenters. The van der Waals surface area contributed by atoms with Crippen LogP contribution < -0.4 is 0 Å². The maximum absolute atomic E-state index is 13.3. The van der Waals surface area contributed by atoms with Gasteiger partial charge in [0.15, 0.2) is 5.69 Å². The Morgan fingerprint density at radius 1 is 1.07 bits per heavy atom. The zero-order valence-electron chi connectivity index (χ0n) is 15.7. The molecule has 1 fully saturated rings. The number of fused-ring (bicyclic) bond motifs is 1. The molecule has 0 unspecified atom stereocenters. The van der Waals surface area contributed by atoms with E-state index in [4.69, 9.17) is 0 Å². The molecule has 4 rings (SSSR count). The number of halogens is 1. The van der Waals surface area contributed by atoms with Gasteiger partial charge in [0.1, 0.15) is 5.82 Å².